The lowest BCUT2D eigenvalue weighted by Crippen LogP contribution is -2.32. The van der Waals surface area contributed by atoms with E-state index in [2.05, 4.69) is 25.9 Å². The van der Waals surface area contributed by atoms with Crippen LogP contribution < -0.4 is 21.7 Å². The van der Waals surface area contributed by atoms with Crippen LogP contribution in [-0.2, 0) is 0 Å². The number of halogens is 1. The fourth-order valence-electron chi connectivity index (χ4n) is 2.36. The van der Waals surface area contributed by atoms with Gasteiger partial charge in [-0.3, -0.25) is 9.78 Å². The van der Waals surface area contributed by atoms with Crippen LogP contribution in [0.25, 0.3) is 0 Å². The maximum Gasteiger partial charge on any atom is 0.326 e. The van der Waals surface area contributed by atoms with Gasteiger partial charge in [0.15, 0.2) is 0 Å². The van der Waals surface area contributed by atoms with E-state index in [0.29, 0.717) is 5.56 Å². The number of nitrogens with one attached hydrogen (secondary N) is 2. The minimum Gasteiger partial charge on any atom is -0.433 e. The number of fused-ring (bicyclic) bond motifs is 1. The van der Waals surface area contributed by atoms with E-state index in [9.17, 15) is 14.9 Å². The number of benzene rings is 1. The number of nitrogens with two attached hydrogens (primary N) is 1. The second kappa shape index (κ2) is 5.20. The van der Waals surface area contributed by atoms with Crippen molar-refractivity contribution in [2.45, 2.75) is 5.92 Å². The van der Waals surface area contributed by atoms with Crippen molar-refractivity contribution in [3.63, 3.8) is 0 Å². The lowest BCUT2D eigenvalue weighted by atomic mass is 9.87. The molecule has 0 saturated heterocycles. The van der Waals surface area contributed by atoms with Gasteiger partial charge in [0.25, 0.3) is 5.56 Å². The highest BCUT2D eigenvalue weighted by Gasteiger charge is 2.33. The molecule has 1 aromatic carbocycles. The van der Waals surface area contributed by atoms with Crippen molar-refractivity contribution in [2.24, 2.45) is 5.73 Å². The molecule has 4 N–H and O–H groups in total. The van der Waals surface area contributed by atoms with Crippen molar-refractivity contribution in [1.29, 1.82) is 5.26 Å². The molecule has 3 rings (SSSR count). The van der Waals surface area contributed by atoms with Gasteiger partial charge in [-0.15, -0.1) is 0 Å². The second-order valence-corrected chi connectivity index (χ2v) is 5.54. The van der Waals surface area contributed by atoms with E-state index in [0.717, 1.165) is 4.47 Å². The van der Waals surface area contributed by atoms with Gasteiger partial charge in [0.05, 0.1) is 11.6 Å². The molecule has 0 fully saturated rings. The van der Waals surface area contributed by atoms with Gasteiger partial charge in [-0.05, 0) is 17.7 Å². The minimum absolute atomic E-state index is 0.107. The molecular weight excluding hydrogens is 352 g/mol. The molecule has 2 heterocycles. The van der Waals surface area contributed by atoms with Crippen LogP contribution >= 0.6 is 15.9 Å². The largest absolute Gasteiger partial charge is 0.433 e. The molecule has 1 atom stereocenters. The van der Waals surface area contributed by atoms with E-state index in [1.807, 2.05) is 6.07 Å². The first-order valence-corrected chi connectivity index (χ1v) is 7.00. The highest BCUT2D eigenvalue weighted by atomic mass is 79.9. The van der Waals surface area contributed by atoms with Crippen molar-refractivity contribution in [1.82, 2.24) is 9.97 Å². The van der Waals surface area contributed by atoms with Gasteiger partial charge in [0.2, 0.25) is 11.6 Å². The molecule has 1 aliphatic rings. The van der Waals surface area contributed by atoms with Crippen molar-refractivity contribution in [3.8, 4) is 11.8 Å². The minimum atomic E-state index is -0.694. The number of rotatable bonds is 1. The smallest absolute Gasteiger partial charge is 0.326 e. The Morgan fingerprint density at radius 1 is 1.23 bits per heavy atom. The van der Waals surface area contributed by atoms with Crippen LogP contribution in [0.15, 0.2) is 49.8 Å². The number of ether oxygens (including phenoxy) is 1. The molecule has 0 radical (unpaired) electrons. The van der Waals surface area contributed by atoms with Crippen molar-refractivity contribution < 1.29 is 4.74 Å². The lowest BCUT2D eigenvalue weighted by molar-refractivity contribution is 0.381. The Morgan fingerprint density at radius 3 is 2.55 bits per heavy atom. The first-order chi connectivity index (χ1) is 10.5. The first-order valence-electron chi connectivity index (χ1n) is 6.21. The standard InChI is InChI=1S/C14H9BrN4O3/c15-7-3-1-6(2-4-7)9-8(5-16)12(17)22-11-10(9)18-14(21)19-13(11)20/h1-4,9H,17H2,(H2,18,19,20,21). The Bertz CT molecular complexity index is 934. The molecule has 1 unspecified atom stereocenters. The Labute approximate surface area is 132 Å². The monoisotopic (exact) mass is 360 g/mol. The van der Waals surface area contributed by atoms with Crippen LogP contribution in [0.1, 0.15) is 17.2 Å². The highest BCUT2D eigenvalue weighted by Crippen LogP contribution is 2.38. The Hall–Kier alpha value is -2.79. The molecule has 0 amide bonds. The predicted octanol–water partition coefficient (Wildman–Crippen LogP) is 1.04. The van der Waals surface area contributed by atoms with Gasteiger partial charge in [-0.2, -0.15) is 5.26 Å². The van der Waals surface area contributed by atoms with E-state index >= 15 is 0 Å². The van der Waals surface area contributed by atoms with Crippen molar-refractivity contribution in [2.75, 3.05) is 0 Å². The fourth-order valence-corrected chi connectivity index (χ4v) is 2.62. The quantitative estimate of drug-likeness (QED) is 0.700. The Balaban J connectivity index is 2.31. The fraction of sp³-hybridized carbons (Fsp3) is 0.0714. The second-order valence-electron chi connectivity index (χ2n) is 4.63. The predicted molar refractivity (Wildman–Crippen MR) is 81.1 cm³/mol. The molecule has 1 aromatic heterocycles. The zero-order valence-corrected chi connectivity index (χ0v) is 12.6. The molecule has 0 spiro atoms. The molecule has 110 valence electrons. The molecule has 0 saturated carbocycles. The third-order valence-corrected chi connectivity index (χ3v) is 3.83. The van der Waals surface area contributed by atoms with Gasteiger partial charge in [-0.1, -0.05) is 28.1 Å². The number of nitrogens with zero attached hydrogens (tertiary/aromatic N) is 1. The molecule has 22 heavy (non-hydrogen) atoms. The van der Waals surface area contributed by atoms with Crippen LogP contribution in [0.3, 0.4) is 0 Å². The number of aromatic amines is 2. The topological polar surface area (TPSA) is 125 Å². The summed E-state index contributed by atoms with van der Waals surface area (Å²) in [7, 11) is 0. The summed E-state index contributed by atoms with van der Waals surface area (Å²) in [6.45, 7) is 0. The summed E-state index contributed by atoms with van der Waals surface area (Å²) in [5, 5.41) is 9.36. The molecule has 2 aromatic rings. The van der Waals surface area contributed by atoms with Gasteiger partial charge < -0.3 is 15.5 Å². The maximum absolute atomic E-state index is 11.9. The summed E-state index contributed by atoms with van der Waals surface area (Å²) in [5.74, 6) is -0.929. The first kappa shape index (κ1) is 14.2. The van der Waals surface area contributed by atoms with E-state index in [-0.39, 0.29) is 22.9 Å². The summed E-state index contributed by atoms with van der Waals surface area (Å²) in [6.07, 6.45) is 0. The van der Waals surface area contributed by atoms with Crippen molar-refractivity contribution in [3.05, 3.63) is 72.3 Å². The number of H-pyrrole nitrogens is 2. The van der Waals surface area contributed by atoms with E-state index in [1.54, 1.807) is 24.3 Å². The lowest BCUT2D eigenvalue weighted by Gasteiger charge is -2.24. The molecule has 8 heteroatoms. The summed E-state index contributed by atoms with van der Waals surface area (Å²) in [4.78, 5) is 28.1. The Kier molecular flexibility index (Phi) is 3.35. The highest BCUT2D eigenvalue weighted by molar-refractivity contribution is 9.10. The maximum atomic E-state index is 11.9. The van der Waals surface area contributed by atoms with Crippen LogP contribution in [0.4, 0.5) is 0 Å². The summed E-state index contributed by atoms with van der Waals surface area (Å²) < 4.78 is 6.07. The number of nitriles is 1. The summed E-state index contributed by atoms with van der Waals surface area (Å²) in [5.41, 5.74) is 5.43. The van der Waals surface area contributed by atoms with Crippen LogP contribution in [0.2, 0.25) is 0 Å². The Morgan fingerprint density at radius 2 is 1.91 bits per heavy atom. The average molecular weight is 361 g/mol. The molecule has 7 nitrogen and oxygen atoms in total. The van der Waals surface area contributed by atoms with Crippen LogP contribution in [0.5, 0.6) is 5.75 Å². The van der Waals surface area contributed by atoms with Crippen molar-refractivity contribution >= 4 is 15.9 Å². The van der Waals surface area contributed by atoms with E-state index < -0.39 is 17.2 Å². The third-order valence-electron chi connectivity index (χ3n) is 3.30. The third kappa shape index (κ3) is 2.21. The molecule has 1 aliphatic heterocycles. The normalized spacial score (nSPS) is 16.6. The van der Waals surface area contributed by atoms with Gasteiger partial charge >= 0.3 is 5.69 Å². The van der Waals surface area contributed by atoms with Gasteiger partial charge in [0.1, 0.15) is 11.6 Å². The molecule has 0 aliphatic carbocycles. The van der Waals surface area contributed by atoms with Gasteiger partial charge in [0, 0.05) is 4.47 Å². The van der Waals surface area contributed by atoms with Crippen LogP contribution in [0, 0.1) is 11.3 Å². The van der Waals surface area contributed by atoms with E-state index in [4.69, 9.17) is 10.5 Å². The zero-order valence-electron chi connectivity index (χ0n) is 11.0. The number of allylic oxidation sites excluding steroid dienone is 1. The summed E-state index contributed by atoms with van der Waals surface area (Å²) >= 11 is 3.33. The summed E-state index contributed by atoms with van der Waals surface area (Å²) in [6, 6.07) is 9.11. The van der Waals surface area contributed by atoms with Crippen LogP contribution in [-0.4, -0.2) is 9.97 Å². The number of hydrogen-bond acceptors (Lipinski definition) is 5. The molecular formula is C14H9BrN4O3. The number of aromatic nitrogens is 2. The van der Waals surface area contributed by atoms with Gasteiger partial charge in [-0.25, -0.2) is 4.79 Å². The van der Waals surface area contributed by atoms with E-state index in [1.165, 1.54) is 0 Å². The SMILES string of the molecule is N#CC1=C(N)Oc2c([nH]c(=O)[nH]c2=O)C1c1ccc(Br)cc1. The molecule has 0 bridgehead atoms. The number of hydrogen-bond donors (Lipinski definition) is 3. The zero-order chi connectivity index (χ0) is 15.9. The average Bonchev–Trinajstić information content (AvgIpc) is 2.48.